The number of hydrogen-bond donors (Lipinski definition) is 3. The highest BCUT2D eigenvalue weighted by molar-refractivity contribution is 7.80. The Morgan fingerprint density at radius 1 is 1.35 bits per heavy atom. The molecular weight excluding hydrogens is 276 g/mol. The second kappa shape index (κ2) is 8.11. The predicted octanol–water partition coefficient (Wildman–Crippen LogP) is 2.05. The Kier molecular flexibility index (Phi) is 6.45. The van der Waals surface area contributed by atoms with E-state index in [2.05, 4.69) is 22.5 Å². The largest absolute Gasteiger partial charge is 0.378 e. The molecule has 1 aromatic carbocycles. The van der Waals surface area contributed by atoms with Gasteiger partial charge in [-0.15, -0.1) is 0 Å². The summed E-state index contributed by atoms with van der Waals surface area (Å²) < 4.78 is 0. The summed E-state index contributed by atoms with van der Waals surface area (Å²) in [5.41, 5.74) is 1.56. The van der Waals surface area contributed by atoms with Crippen molar-refractivity contribution in [1.82, 2.24) is 10.6 Å². The van der Waals surface area contributed by atoms with Crippen molar-refractivity contribution in [2.45, 2.75) is 6.92 Å². The summed E-state index contributed by atoms with van der Waals surface area (Å²) in [5.74, 6) is 0. The number of benzene rings is 1. The molecule has 0 aromatic heterocycles. The minimum atomic E-state index is -0.408. The standard InChI is InChI=1S/C13H18N4O2S/c1-10(2)9-16-13(20)15-8-7-14-11-5-3-4-6-12(11)17(18)19/h3-6,14H,1,7-9H2,2H3,(H2,15,16,20). The van der Waals surface area contributed by atoms with Crippen molar-refractivity contribution >= 4 is 28.7 Å². The van der Waals surface area contributed by atoms with Crippen molar-refractivity contribution in [2.24, 2.45) is 0 Å². The summed E-state index contributed by atoms with van der Waals surface area (Å²) in [6.45, 7) is 7.39. The van der Waals surface area contributed by atoms with Crippen LogP contribution in [-0.4, -0.2) is 29.7 Å². The Bertz CT molecular complexity index is 505. The van der Waals surface area contributed by atoms with Crippen LogP contribution in [0.15, 0.2) is 36.4 Å². The zero-order chi connectivity index (χ0) is 15.0. The first-order chi connectivity index (χ1) is 9.50. The maximum Gasteiger partial charge on any atom is 0.292 e. The maximum absolute atomic E-state index is 10.8. The minimum Gasteiger partial charge on any atom is -0.378 e. The van der Waals surface area contributed by atoms with Crippen molar-refractivity contribution < 1.29 is 4.92 Å². The number of nitro benzene ring substituents is 1. The van der Waals surface area contributed by atoms with Crippen molar-refractivity contribution in [2.75, 3.05) is 25.0 Å². The molecule has 3 N–H and O–H groups in total. The Morgan fingerprint density at radius 2 is 2.05 bits per heavy atom. The number of hydrogen-bond acceptors (Lipinski definition) is 4. The number of rotatable bonds is 7. The molecule has 20 heavy (non-hydrogen) atoms. The van der Waals surface area contributed by atoms with Gasteiger partial charge in [0.05, 0.1) is 4.92 Å². The molecule has 0 aliphatic heterocycles. The molecule has 0 fully saturated rings. The summed E-state index contributed by atoms with van der Waals surface area (Å²) >= 11 is 5.07. The molecule has 0 spiro atoms. The van der Waals surface area contributed by atoms with E-state index >= 15 is 0 Å². The molecule has 0 radical (unpaired) electrons. The van der Waals surface area contributed by atoms with Gasteiger partial charge in [0.2, 0.25) is 0 Å². The number of nitro groups is 1. The normalized spacial score (nSPS) is 9.65. The van der Waals surface area contributed by atoms with E-state index in [1.807, 2.05) is 6.92 Å². The van der Waals surface area contributed by atoms with Crippen molar-refractivity contribution in [3.05, 3.63) is 46.5 Å². The van der Waals surface area contributed by atoms with E-state index in [4.69, 9.17) is 12.2 Å². The topological polar surface area (TPSA) is 79.2 Å². The third kappa shape index (κ3) is 5.66. The molecule has 1 aromatic rings. The second-order valence-electron chi connectivity index (χ2n) is 4.27. The molecule has 0 heterocycles. The fourth-order valence-electron chi connectivity index (χ4n) is 1.45. The average Bonchev–Trinajstić information content (AvgIpc) is 2.41. The molecule has 0 aliphatic rings. The van der Waals surface area contributed by atoms with Crippen molar-refractivity contribution in [3.8, 4) is 0 Å². The van der Waals surface area contributed by atoms with Crippen LogP contribution in [-0.2, 0) is 0 Å². The number of nitrogens with one attached hydrogen (secondary N) is 3. The highest BCUT2D eigenvalue weighted by atomic mass is 32.1. The first kappa shape index (κ1) is 15.9. The zero-order valence-corrected chi connectivity index (χ0v) is 12.1. The highest BCUT2D eigenvalue weighted by Crippen LogP contribution is 2.22. The van der Waals surface area contributed by atoms with E-state index in [-0.39, 0.29) is 5.69 Å². The van der Waals surface area contributed by atoms with E-state index in [9.17, 15) is 10.1 Å². The lowest BCUT2D eigenvalue weighted by molar-refractivity contribution is -0.384. The lowest BCUT2D eigenvalue weighted by Gasteiger charge is -2.11. The maximum atomic E-state index is 10.8. The van der Waals surface area contributed by atoms with Gasteiger partial charge in [-0.25, -0.2) is 0 Å². The molecule has 0 saturated carbocycles. The average molecular weight is 294 g/mol. The van der Waals surface area contributed by atoms with E-state index in [0.29, 0.717) is 30.4 Å². The first-order valence-electron chi connectivity index (χ1n) is 6.14. The third-order valence-electron chi connectivity index (χ3n) is 2.38. The van der Waals surface area contributed by atoms with Gasteiger partial charge in [-0.3, -0.25) is 10.1 Å². The molecule has 0 bridgehead atoms. The van der Waals surface area contributed by atoms with Gasteiger partial charge in [-0.2, -0.15) is 0 Å². The predicted molar refractivity (Wildman–Crippen MR) is 85.0 cm³/mol. The monoisotopic (exact) mass is 294 g/mol. The molecule has 0 aliphatic carbocycles. The summed E-state index contributed by atoms with van der Waals surface area (Å²) in [6, 6.07) is 6.53. The summed E-state index contributed by atoms with van der Waals surface area (Å²) in [5, 5.41) is 20.4. The Labute approximate surface area is 123 Å². The summed E-state index contributed by atoms with van der Waals surface area (Å²) in [4.78, 5) is 10.4. The van der Waals surface area contributed by atoms with Crippen LogP contribution < -0.4 is 16.0 Å². The first-order valence-corrected chi connectivity index (χ1v) is 6.55. The van der Waals surface area contributed by atoms with E-state index in [0.717, 1.165) is 5.57 Å². The van der Waals surface area contributed by atoms with Crippen LogP contribution in [0.1, 0.15) is 6.92 Å². The molecule has 108 valence electrons. The lowest BCUT2D eigenvalue weighted by atomic mass is 10.2. The van der Waals surface area contributed by atoms with Gasteiger partial charge in [0, 0.05) is 25.7 Å². The van der Waals surface area contributed by atoms with Crippen molar-refractivity contribution in [1.29, 1.82) is 0 Å². The summed E-state index contributed by atoms with van der Waals surface area (Å²) in [7, 11) is 0. The molecule has 0 atom stereocenters. The molecule has 7 heteroatoms. The van der Waals surface area contributed by atoms with E-state index < -0.39 is 4.92 Å². The van der Waals surface area contributed by atoms with Crippen LogP contribution in [0.25, 0.3) is 0 Å². The molecule has 0 unspecified atom stereocenters. The number of nitrogens with zero attached hydrogens (tertiary/aromatic N) is 1. The van der Waals surface area contributed by atoms with Gasteiger partial charge in [0.1, 0.15) is 5.69 Å². The zero-order valence-electron chi connectivity index (χ0n) is 11.3. The van der Waals surface area contributed by atoms with Gasteiger partial charge >= 0.3 is 0 Å². The summed E-state index contributed by atoms with van der Waals surface area (Å²) in [6.07, 6.45) is 0. The SMILES string of the molecule is C=C(C)CNC(=S)NCCNc1ccccc1[N+](=O)[O-]. The second-order valence-corrected chi connectivity index (χ2v) is 4.68. The molecule has 6 nitrogen and oxygen atoms in total. The van der Waals surface area contributed by atoms with Gasteiger partial charge in [0.25, 0.3) is 5.69 Å². The molecule has 0 amide bonds. The van der Waals surface area contributed by atoms with Crippen LogP contribution in [0.4, 0.5) is 11.4 Å². The lowest BCUT2D eigenvalue weighted by Crippen LogP contribution is -2.38. The van der Waals surface area contributed by atoms with Crippen LogP contribution >= 0.6 is 12.2 Å². The molecular formula is C13H18N4O2S. The quantitative estimate of drug-likeness (QED) is 0.235. The number of anilines is 1. The van der Waals surface area contributed by atoms with Crippen molar-refractivity contribution in [3.63, 3.8) is 0 Å². The number of para-hydroxylation sites is 2. The van der Waals surface area contributed by atoms with Crippen LogP contribution in [0.3, 0.4) is 0 Å². The fraction of sp³-hybridized carbons (Fsp3) is 0.308. The van der Waals surface area contributed by atoms with Crippen LogP contribution in [0.5, 0.6) is 0 Å². The van der Waals surface area contributed by atoms with E-state index in [1.54, 1.807) is 18.2 Å². The van der Waals surface area contributed by atoms with Crippen LogP contribution in [0.2, 0.25) is 0 Å². The fourth-order valence-corrected chi connectivity index (χ4v) is 1.62. The van der Waals surface area contributed by atoms with Crippen LogP contribution in [0, 0.1) is 10.1 Å². The van der Waals surface area contributed by atoms with Gasteiger partial charge in [0.15, 0.2) is 5.11 Å². The Morgan fingerprint density at radius 3 is 2.70 bits per heavy atom. The molecule has 0 saturated heterocycles. The Hall–Kier alpha value is -2.15. The van der Waals surface area contributed by atoms with Gasteiger partial charge in [-0.1, -0.05) is 24.3 Å². The third-order valence-corrected chi connectivity index (χ3v) is 2.67. The van der Waals surface area contributed by atoms with Gasteiger partial charge < -0.3 is 16.0 Å². The number of thiocarbonyl (C=S) groups is 1. The van der Waals surface area contributed by atoms with E-state index in [1.165, 1.54) is 6.07 Å². The Balaban J connectivity index is 2.33. The smallest absolute Gasteiger partial charge is 0.292 e. The van der Waals surface area contributed by atoms with Gasteiger partial charge in [-0.05, 0) is 25.2 Å². The highest BCUT2D eigenvalue weighted by Gasteiger charge is 2.10. The molecule has 1 rings (SSSR count). The minimum absolute atomic E-state index is 0.0653.